The molecule has 2 aliphatic heterocycles. The van der Waals surface area contributed by atoms with E-state index >= 15 is 0 Å². The lowest BCUT2D eigenvalue weighted by Gasteiger charge is -2.32. The summed E-state index contributed by atoms with van der Waals surface area (Å²) < 4.78 is 6.10. The van der Waals surface area contributed by atoms with Crippen molar-refractivity contribution in [2.45, 2.75) is 6.42 Å². The standard InChI is InChI=1S/C16H20BrN5O2/c17-14-10-13(11-18)15(19-12-14)20-2-1-3-21(5-4-20)16(23)22-6-8-24-9-7-22/h10,12H,1-9H2. The van der Waals surface area contributed by atoms with Crippen LogP contribution in [0.3, 0.4) is 0 Å². The van der Waals surface area contributed by atoms with Crippen LogP contribution in [-0.2, 0) is 4.74 Å². The minimum atomic E-state index is 0.0874. The van der Waals surface area contributed by atoms with Gasteiger partial charge in [0, 0.05) is 49.9 Å². The van der Waals surface area contributed by atoms with Crippen molar-refractivity contribution in [2.75, 3.05) is 57.4 Å². The van der Waals surface area contributed by atoms with Crippen LogP contribution >= 0.6 is 15.9 Å². The van der Waals surface area contributed by atoms with Crippen LogP contribution in [0.25, 0.3) is 0 Å². The molecule has 0 saturated carbocycles. The molecule has 7 nitrogen and oxygen atoms in total. The first kappa shape index (κ1) is 17.0. The third kappa shape index (κ3) is 3.79. The summed E-state index contributed by atoms with van der Waals surface area (Å²) in [5, 5.41) is 9.33. The zero-order chi connectivity index (χ0) is 16.9. The third-order valence-electron chi connectivity index (χ3n) is 4.30. The summed E-state index contributed by atoms with van der Waals surface area (Å²) in [5.74, 6) is 0.696. The zero-order valence-electron chi connectivity index (χ0n) is 13.4. The van der Waals surface area contributed by atoms with Gasteiger partial charge >= 0.3 is 6.03 Å². The van der Waals surface area contributed by atoms with E-state index in [1.54, 1.807) is 12.3 Å². The summed E-state index contributed by atoms with van der Waals surface area (Å²) in [4.78, 5) is 22.9. The van der Waals surface area contributed by atoms with E-state index in [9.17, 15) is 10.1 Å². The number of rotatable bonds is 1. The average Bonchev–Trinajstić information content (AvgIpc) is 2.88. The van der Waals surface area contributed by atoms with Crippen molar-refractivity contribution in [3.05, 3.63) is 22.3 Å². The molecule has 1 aromatic rings. The number of anilines is 1. The molecule has 2 amide bonds. The predicted octanol–water partition coefficient (Wildman–Crippen LogP) is 1.68. The smallest absolute Gasteiger partial charge is 0.320 e. The van der Waals surface area contributed by atoms with Crippen molar-refractivity contribution in [1.29, 1.82) is 5.26 Å². The second-order valence-electron chi connectivity index (χ2n) is 5.85. The monoisotopic (exact) mass is 393 g/mol. The molecule has 0 radical (unpaired) electrons. The lowest BCUT2D eigenvalue weighted by molar-refractivity contribution is 0.0438. The Morgan fingerprint density at radius 2 is 1.92 bits per heavy atom. The lowest BCUT2D eigenvalue weighted by atomic mass is 10.2. The Kier molecular flexibility index (Phi) is 5.53. The highest BCUT2D eigenvalue weighted by molar-refractivity contribution is 9.10. The van der Waals surface area contributed by atoms with E-state index in [1.165, 1.54) is 0 Å². The van der Waals surface area contributed by atoms with Crippen molar-refractivity contribution in [3.63, 3.8) is 0 Å². The molecule has 8 heteroatoms. The predicted molar refractivity (Wildman–Crippen MR) is 92.8 cm³/mol. The fourth-order valence-electron chi connectivity index (χ4n) is 3.04. The molecule has 24 heavy (non-hydrogen) atoms. The molecule has 0 unspecified atom stereocenters. The van der Waals surface area contributed by atoms with Gasteiger partial charge in [-0.3, -0.25) is 0 Å². The van der Waals surface area contributed by atoms with Crippen LogP contribution in [0, 0.1) is 11.3 Å². The molecule has 2 aliphatic rings. The van der Waals surface area contributed by atoms with Crippen LogP contribution < -0.4 is 4.90 Å². The summed E-state index contributed by atoms with van der Waals surface area (Å²) in [5.41, 5.74) is 0.553. The minimum Gasteiger partial charge on any atom is -0.378 e. The number of ether oxygens (including phenoxy) is 1. The Morgan fingerprint density at radius 3 is 2.67 bits per heavy atom. The molecule has 0 N–H and O–H groups in total. The Labute approximate surface area is 149 Å². The lowest BCUT2D eigenvalue weighted by Crippen LogP contribution is -2.49. The topological polar surface area (TPSA) is 72.7 Å². The summed E-state index contributed by atoms with van der Waals surface area (Å²) >= 11 is 3.35. The number of hydrogen-bond donors (Lipinski definition) is 0. The van der Waals surface area contributed by atoms with E-state index in [2.05, 4.69) is 31.9 Å². The van der Waals surface area contributed by atoms with E-state index in [4.69, 9.17) is 4.74 Å². The van der Waals surface area contributed by atoms with Gasteiger partial charge in [-0.05, 0) is 28.4 Å². The number of nitrogens with zero attached hydrogens (tertiary/aromatic N) is 5. The van der Waals surface area contributed by atoms with Crippen molar-refractivity contribution >= 4 is 27.8 Å². The zero-order valence-corrected chi connectivity index (χ0v) is 15.0. The second kappa shape index (κ2) is 7.81. The van der Waals surface area contributed by atoms with E-state index in [-0.39, 0.29) is 6.03 Å². The maximum atomic E-state index is 12.6. The average molecular weight is 394 g/mol. The molecule has 3 heterocycles. The number of morpholine rings is 1. The van der Waals surface area contributed by atoms with Crippen molar-refractivity contribution in [2.24, 2.45) is 0 Å². The largest absolute Gasteiger partial charge is 0.378 e. The first-order valence-corrected chi connectivity index (χ1v) is 8.90. The minimum absolute atomic E-state index is 0.0874. The number of carbonyl (C=O) groups is 1. The molecular formula is C16H20BrN5O2. The van der Waals surface area contributed by atoms with E-state index in [0.717, 1.165) is 24.0 Å². The van der Waals surface area contributed by atoms with Crippen LogP contribution in [0.4, 0.5) is 10.6 Å². The Bertz CT molecular complexity index is 642. The first-order chi connectivity index (χ1) is 11.7. The number of carbonyl (C=O) groups excluding carboxylic acids is 1. The van der Waals surface area contributed by atoms with E-state index in [0.29, 0.717) is 50.8 Å². The molecule has 0 bridgehead atoms. The highest BCUT2D eigenvalue weighted by Crippen LogP contribution is 2.22. The van der Waals surface area contributed by atoms with Crippen LogP contribution in [-0.4, -0.2) is 73.3 Å². The number of amides is 2. The molecule has 0 aliphatic carbocycles. The maximum absolute atomic E-state index is 12.6. The van der Waals surface area contributed by atoms with E-state index in [1.807, 2.05) is 9.80 Å². The molecular weight excluding hydrogens is 374 g/mol. The number of hydrogen-bond acceptors (Lipinski definition) is 5. The van der Waals surface area contributed by atoms with Gasteiger partial charge in [0.05, 0.1) is 18.8 Å². The number of halogens is 1. The molecule has 2 fully saturated rings. The fraction of sp³-hybridized carbons (Fsp3) is 0.562. The fourth-order valence-corrected chi connectivity index (χ4v) is 3.37. The van der Waals surface area contributed by atoms with Crippen LogP contribution in [0.5, 0.6) is 0 Å². The van der Waals surface area contributed by atoms with Gasteiger partial charge in [0.15, 0.2) is 0 Å². The van der Waals surface area contributed by atoms with Gasteiger partial charge in [0.1, 0.15) is 11.9 Å². The quantitative estimate of drug-likeness (QED) is 0.725. The third-order valence-corrected chi connectivity index (χ3v) is 4.73. The maximum Gasteiger partial charge on any atom is 0.320 e. The van der Waals surface area contributed by atoms with Crippen LogP contribution in [0.15, 0.2) is 16.7 Å². The highest BCUT2D eigenvalue weighted by Gasteiger charge is 2.26. The molecule has 128 valence electrons. The van der Waals surface area contributed by atoms with Gasteiger partial charge in [0.2, 0.25) is 0 Å². The summed E-state index contributed by atoms with van der Waals surface area (Å²) in [7, 11) is 0. The SMILES string of the molecule is N#Cc1cc(Br)cnc1N1CCCN(C(=O)N2CCOCC2)CC1. The van der Waals surface area contributed by atoms with Gasteiger partial charge in [0.25, 0.3) is 0 Å². The number of urea groups is 1. The molecule has 1 aromatic heterocycles. The number of nitriles is 1. The molecule has 3 rings (SSSR count). The van der Waals surface area contributed by atoms with Crippen molar-refractivity contribution < 1.29 is 9.53 Å². The molecule has 0 aromatic carbocycles. The summed E-state index contributed by atoms with van der Waals surface area (Å²) in [6.45, 7) is 5.37. The molecule has 2 saturated heterocycles. The molecule has 0 spiro atoms. The number of aromatic nitrogens is 1. The van der Waals surface area contributed by atoms with Crippen LogP contribution in [0.2, 0.25) is 0 Å². The normalized spacial score (nSPS) is 18.9. The van der Waals surface area contributed by atoms with Gasteiger partial charge in [-0.15, -0.1) is 0 Å². The van der Waals surface area contributed by atoms with Gasteiger partial charge in [-0.25, -0.2) is 9.78 Å². The Balaban J connectivity index is 1.67. The van der Waals surface area contributed by atoms with Crippen molar-refractivity contribution in [1.82, 2.24) is 14.8 Å². The summed E-state index contributed by atoms with van der Waals surface area (Å²) in [6.07, 6.45) is 2.57. The Hall–Kier alpha value is -1.85. The van der Waals surface area contributed by atoms with Crippen molar-refractivity contribution in [3.8, 4) is 6.07 Å². The van der Waals surface area contributed by atoms with E-state index < -0.39 is 0 Å². The number of pyridine rings is 1. The highest BCUT2D eigenvalue weighted by atomic mass is 79.9. The molecule has 0 atom stereocenters. The van der Waals surface area contributed by atoms with Crippen LogP contribution in [0.1, 0.15) is 12.0 Å². The van der Waals surface area contributed by atoms with Gasteiger partial charge in [-0.1, -0.05) is 0 Å². The van der Waals surface area contributed by atoms with Gasteiger partial charge < -0.3 is 19.4 Å². The van der Waals surface area contributed by atoms with Gasteiger partial charge in [-0.2, -0.15) is 5.26 Å². The second-order valence-corrected chi connectivity index (χ2v) is 6.76. The summed E-state index contributed by atoms with van der Waals surface area (Å²) in [6, 6.07) is 4.07. The Morgan fingerprint density at radius 1 is 1.17 bits per heavy atom. The first-order valence-electron chi connectivity index (χ1n) is 8.11.